The first-order valence-electron chi connectivity index (χ1n) is 9.30. The van der Waals surface area contributed by atoms with Crippen molar-refractivity contribution in [2.24, 2.45) is 0 Å². The van der Waals surface area contributed by atoms with Crippen molar-refractivity contribution in [1.29, 1.82) is 0 Å². The van der Waals surface area contributed by atoms with E-state index in [0.717, 1.165) is 5.56 Å². The highest BCUT2D eigenvalue weighted by Crippen LogP contribution is 2.26. The van der Waals surface area contributed by atoms with Crippen LogP contribution in [-0.4, -0.2) is 47.8 Å². The summed E-state index contributed by atoms with van der Waals surface area (Å²) in [5.74, 6) is -0.358. The molecule has 0 saturated carbocycles. The summed E-state index contributed by atoms with van der Waals surface area (Å²) < 4.78 is 10.5. The molecule has 1 saturated heterocycles. The van der Waals surface area contributed by atoms with E-state index in [2.05, 4.69) is 5.32 Å². The van der Waals surface area contributed by atoms with Gasteiger partial charge in [-0.2, -0.15) is 0 Å². The number of carbonyl (C=O) groups is 2. The highest BCUT2D eigenvalue weighted by molar-refractivity contribution is 6.30. The Morgan fingerprint density at radius 3 is 2.22 bits per heavy atom. The topological polar surface area (TPSA) is 67.9 Å². The molecule has 0 atom stereocenters. The van der Waals surface area contributed by atoms with Gasteiger partial charge in [0.1, 0.15) is 5.60 Å². The molecule has 0 aromatic heterocycles. The second-order valence-electron chi connectivity index (χ2n) is 7.12. The number of amides is 1. The molecule has 0 radical (unpaired) electrons. The first kappa shape index (κ1) is 23.2. The number of hydrogen-bond acceptors (Lipinski definition) is 5. The van der Waals surface area contributed by atoms with Gasteiger partial charge in [0, 0.05) is 11.6 Å². The van der Waals surface area contributed by atoms with Crippen LogP contribution in [0.25, 0.3) is 0 Å². The lowest BCUT2D eigenvalue weighted by molar-refractivity contribution is -0.158. The summed E-state index contributed by atoms with van der Waals surface area (Å²) in [6, 6.07) is 7.36. The average Bonchev–Trinajstić information content (AvgIpc) is 2.56. The van der Waals surface area contributed by atoms with Crippen LogP contribution in [-0.2, 0) is 20.8 Å². The maximum absolute atomic E-state index is 12.4. The number of likely N-dealkylation sites (tertiary alicyclic amines) is 1. The smallest absolute Gasteiger partial charge is 0.410 e. The molecular formula is C20H31ClN2O4. The summed E-state index contributed by atoms with van der Waals surface area (Å²) in [4.78, 5) is 26.0. The van der Waals surface area contributed by atoms with Crippen molar-refractivity contribution in [3.8, 4) is 0 Å². The molecule has 1 aromatic carbocycles. The summed E-state index contributed by atoms with van der Waals surface area (Å²) in [5, 5.41) is 3.89. The Kier molecular flexibility index (Phi) is 8.57. The molecular weight excluding hydrogens is 368 g/mol. The minimum Gasteiger partial charge on any atom is -0.465 e. The summed E-state index contributed by atoms with van der Waals surface area (Å²) in [5.41, 5.74) is -0.494. The van der Waals surface area contributed by atoms with Crippen molar-refractivity contribution in [2.45, 2.75) is 59.2 Å². The van der Waals surface area contributed by atoms with Gasteiger partial charge in [0.15, 0.2) is 5.54 Å². The van der Waals surface area contributed by atoms with Crippen LogP contribution in [0.3, 0.4) is 0 Å². The van der Waals surface area contributed by atoms with E-state index < -0.39 is 17.2 Å². The van der Waals surface area contributed by atoms with Crippen LogP contribution >= 0.6 is 11.6 Å². The molecule has 1 aliphatic heterocycles. The number of hydrogen-bond donors (Lipinski definition) is 1. The third kappa shape index (κ3) is 6.70. The van der Waals surface area contributed by atoms with Crippen LogP contribution in [0.15, 0.2) is 24.3 Å². The van der Waals surface area contributed by atoms with Crippen molar-refractivity contribution < 1.29 is 19.1 Å². The van der Waals surface area contributed by atoms with Gasteiger partial charge in [0.05, 0.1) is 19.7 Å². The zero-order valence-corrected chi connectivity index (χ0v) is 17.9. The number of halogens is 1. The van der Waals surface area contributed by atoms with Crippen LogP contribution in [0.1, 0.15) is 47.1 Å². The predicted octanol–water partition coefficient (Wildman–Crippen LogP) is 4.01. The number of nitrogens with zero attached hydrogens (tertiary/aromatic N) is 1. The second kappa shape index (κ2) is 9.95. The molecule has 152 valence electrons. The minimum absolute atomic E-state index is 0.217. The van der Waals surface area contributed by atoms with Crippen molar-refractivity contribution in [1.82, 2.24) is 10.2 Å². The molecule has 6 nitrogen and oxygen atoms in total. The Bertz CT molecular complexity index is 620. The van der Waals surface area contributed by atoms with E-state index in [1.54, 1.807) is 19.1 Å². The van der Waals surface area contributed by atoms with Gasteiger partial charge in [0.25, 0.3) is 0 Å². The zero-order valence-electron chi connectivity index (χ0n) is 17.1. The van der Waals surface area contributed by atoms with Gasteiger partial charge < -0.3 is 14.4 Å². The molecule has 0 bridgehead atoms. The molecule has 2 rings (SSSR count). The maximum Gasteiger partial charge on any atom is 0.410 e. The molecule has 0 aliphatic carbocycles. The van der Waals surface area contributed by atoms with Crippen LogP contribution in [0.4, 0.5) is 4.79 Å². The number of nitrogens with one attached hydrogen (secondary N) is 1. The number of rotatable bonds is 5. The number of carbonyl (C=O) groups excluding carboxylic acids is 2. The molecule has 7 heteroatoms. The largest absolute Gasteiger partial charge is 0.465 e. The van der Waals surface area contributed by atoms with E-state index in [0.29, 0.717) is 11.6 Å². The van der Waals surface area contributed by atoms with E-state index in [-0.39, 0.29) is 25.7 Å². The highest BCUT2D eigenvalue weighted by atomic mass is 35.5. The Labute approximate surface area is 167 Å². The van der Waals surface area contributed by atoms with Crippen molar-refractivity contribution >= 4 is 23.7 Å². The van der Waals surface area contributed by atoms with Gasteiger partial charge in [-0.25, -0.2) is 9.59 Å². The third-order valence-electron chi connectivity index (χ3n) is 3.78. The lowest BCUT2D eigenvalue weighted by Crippen LogP contribution is -2.74. The first-order chi connectivity index (χ1) is 12.6. The molecule has 0 spiro atoms. The molecule has 1 N–H and O–H groups in total. The lowest BCUT2D eigenvalue weighted by atomic mass is 9.89. The summed E-state index contributed by atoms with van der Waals surface area (Å²) >= 11 is 5.89. The molecule has 1 aromatic rings. The van der Waals surface area contributed by atoms with E-state index in [1.807, 2.05) is 46.8 Å². The van der Waals surface area contributed by atoms with Gasteiger partial charge in [-0.1, -0.05) is 37.6 Å². The van der Waals surface area contributed by atoms with Crippen LogP contribution < -0.4 is 5.32 Å². The van der Waals surface area contributed by atoms with Crippen LogP contribution in [0.5, 0.6) is 0 Å². The van der Waals surface area contributed by atoms with Crippen LogP contribution in [0, 0.1) is 0 Å². The number of esters is 1. The SMILES string of the molecule is CC.CCOC(=O)C1(NCc2ccc(Cl)cc2)CN(C(=O)OC(C)(C)C)C1. The molecule has 1 amide bonds. The number of benzene rings is 1. The molecule has 1 heterocycles. The summed E-state index contributed by atoms with van der Waals surface area (Å²) in [6.07, 6.45) is -0.430. The van der Waals surface area contributed by atoms with Gasteiger partial charge in [-0.3, -0.25) is 5.32 Å². The standard InChI is InChI=1S/C18H25ClN2O4.C2H6/c1-5-24-15(22)18(20-10-13-6-8-14(19)9-7-13)11-21(12-18)16(23)25-17(2,3)4;1-2/h6-9,20H,5,10-12H2,1-4H3;1-2H3. The van der Waals surface area contributed by atoms with Crippen LogP contribution in [0.2, 0.25) is 5.02 Å². The minimum atomic E-state index is -0.910. The van der Waals surface area contributed by atoms with E-state index in [4.69, 9.17) is 21.1 Å². The number of ether oxygens (including phenoxy) is 2. The average molecular weight is 399 g/mol. The molecule has 0 unspecified atom stereocenters. The van der Waals surface area contributed by atoms with Crippen molar-refractivity contribution in [3.05, 3.63) is 34.9 Å². The van der Waals surface area contributed by atoms with E-state index in [9.17, 15) is 9.59 Å². The van der Waals surface area contributed by atoms with Gasteiger partial charge >= 0.3 is 12.1 Å². The third-order valence-corrected chi connectivity index (χ3v) is 4.04. The fourth-order valence-electron chi connectivity index (χ4n) is 2.52. The van der Waals surface area contributed by atoms with Crippen molar-refractivity contribution in [2.75, 3.05) is 19.7 Å². The Balaban J connectivity index is 0.00000176. The molecule has 27 heavy (non-hydrogen) atoms. The second-order valence-corrected chi connectivity index (χ2v) is 7.56. The summed E-state index contributed by atoms with van der Waals surface area (Å²) in [6.45, 7) is 12.4. The van der Waals surface area contributed by atoms with Crippen molar-refractivity contribution in [3.63, 3.8) is 0 Å². The summed E-state index contributed by atoms with van der Waals surface area (Å²) in [7, 11) is 0. The normalized spacial score (nSPS) is 15.1. The monoisotopic (exact) mass is 398 g/mol. The predicted molar refractivity (Wildman–Crippen MR) is 107 cm³/mol. The zero-order chi connectivity index (χ0) is 20.7. The Morgan fingerprint density at radius 2 is 1.74 bits per heavy atom. The van der Waals surface area contributed by atoms with Gasteiger partial charge in [-0.15, -0.1) is 0 Å². The fourth-order valence-corrected chi connectivity index (χ4v) is 2.64. The lowest BCUT2D eigenvalue weighted by Gasteiger charge is -2.48. The molecule has 1 fully saturated rings. The quantitative estimate of drug-likeness (QED) is 0.759. The van der Waals surface area contributed by atoms with Gasteiger partial charge in [-0.05, 0) is 45.4 Å². The van der Waals surface area contributed by atoms with E-state index in [1.165, 1.54) is 4.90 Å². The Morgan fingerprint density at radius 1 is 1.19 bits per heavy atom. The maximum atomic E-state index is 12.4. The first-order valence-corrected chi connectivity index (χ1v) is 9.67. The van der Waals surface area contributed by atoms with E-state index >= 15 is 0 Å². The highest BCUT2D eigenvalue weighted by Gasteiger charge is 2.53. The fraction of sp³-hybridized carbons (Fsp3) is 0.600. The van der Waals surface area contributed by atoms with Gasteiger partial charge in [0.2, 0.25) is 0 Å². The molecule has 1 aliphatic rings. The Hall–Kier alpha value is -1.79.